The van der Waals surface area contributed by atoms with E-state index in [4.69, 9.17) is 11.6 Å². The standard InChI is InChI=1S/C11H12ClF2NO/c12-10-8(16)4-7(13)9(11(10)14)6-2-1-3-15-5-6/h4,6,15-16H,1-3,5H2. The molecule has 0 aromatic heterocycles. The number of hydrogen-bond donors (Lipinski definition) is 2. The van der Waals surface area contributed by atoms with Crippen LogP contribution in [0.25, 0.3) is 0 Å². The number of hydrogen-bond acceptors (Lipinski definition) is 2. The predicted molar refractivity (Wildman–Crippen MR) is 57.9 cm³/mol. The van der Waals surface area contributed by atoms with Crippen LogP contribution >= 0.6 is 11.6 Å². The molecule has 1 aromatic rings. The van der Waals surface area contributed by atoms with Crippen molar-refractivity contribution >= 4 is 11.6 Å². The summed E-state index contributed by atoms with van der Waals surface area (Å²) in [6.45, 7) is 1.40. The third kappa shape index (κ3) is 1.99. The van der Waals surface area contributed by atoms with Gasteiger partial charge in [0.25, 0.3) is 0 Å². The Hall–Kier alpha value is -0.870. The van der Waals surface area contributed by atoms with E-state index >= 15 is 0 Å². The first-order valence-electron chi connectivity index (χ1n) is 5.18. The first kappa shape index (κ1) is 11.6. The molecular formula is C11H12ClF2NO. The third-order valence-electron chi connectivity index (χ3n) is 2.88. The highest BCUT2D eigenvalue weighted by Crippen LogP contribution is 2.36. The minimum atomic E-state index is -0.840. The summed E-state index contributed by atoms with van der Waals surface area (Å²) in [4.78, 5) is 0. The minimum Gasteiger partial charge on any atom is -0.506 e. The van der Waals surface area contributed by atoms with Gasteiger partial charge in [-0.2, -0.15) is 0 Å². The van der Waals surface area contributed by atoms with Crippen molar-refractivity contribution in [1.29, 1.82) is 0 Å². The van der Waals surface area contributed by atoms with Gasteiger partial charge in [-0.25, -0.2) is 8.78 Å². The van der Waals surface area contributed by atoms with Crippen molar-refractivity contribution in [2.24, 2.45) is 0 Å². The summed E-state index contributed by atoms with van der Waals surface area (Å²) in [5.74, 6) is -2.34. The molecule has 0 spiro atoms. The van der Waals surface area contributed by atoms with Crippen LogP contribution in [0.2, 0.25) is 5.02 Å². The smallest absolute Gasteiger partial charge is 0.152 e. The summed E-state index contributed by atoms with van der Waals surface area (Å²) in [5, 5.41) is 11.9. The Morgan fingerprint density at radius 2 is 2.19 bits per heavy atom. The van der Waals surface area contributed by atoms with Crippen LogP contribution in [0.1, 0.15) is 24.3 Å². The van der Waals surface area contributed by atoms with Gasteiger partial charge in [0, 0.05) is 24.1 Å². The summed E-state index contributed by atoms with van der Waals surface area (Å²) < 4.78 is 27.3. The number of piperidine rings is 1. The highest BCUT2D eigenvalue weighted by atomic mass is 35.5. The second-order valence-electron chi connectivity index (χ2n) is 3.96. The van der Waals surface area contributed by atoms with E-state index < -0.39 is 22.4 Å². The molecule has 16 heavy (non-hydrogen) atoms. The molecule has 1 heterocycles. The molecule has 2 nitrogen and oxygen atoms in total. The fraction of sp³-hybridized carbons (Fsp3) is 0.455. The second-order valence-corrected chi connectivity index (χ2v) is 4.34. The molecule has 0 saturated carbocycles. The van der Waals surface area contributed by atoms with E-state index in [1.54, 1.807) is 0 Å². The van der Waals surface area contributed by atoms with Gasteiger partial charge >= 0.3 is 0 Å². The Morgan fingerprint density at radius 1 is 1.44 bits per heavy atom. The predicted octanol–water partition coefficient (Wildman–Crippen LogP) is 2.79. The van der Waals surface area contributed by atoms with Gasteiger partial charge in [0.15, 0.2) is 5.82 Å². The zero-order valence-electron chi connectivity index (χ0n) is 8.56. The van der Waals surface area contributed by atoms with Gasteiger partial charge in [-0.1, -0.05) is 11.6 Å². The SMILES string of the molecule is Oc1cc(F)c(C2CCCNC2)c(F)c1Cl. The Morgan fingerprint density at radius 3 is 2.81 bits per heavy atom. The molecule has 1 fully saturated rings. The number of phenols is 1. The topological polar surface area (TPSA) is 32.3 Å². The second kappa shape index (κ2) is 4.55. The van der Waals surface area contributed by atoms with Crippen molar-refractivity contribution in [3.05, 3.63) is 28.3 Å². The molecule has 88 valence electrons. The van der Waals surface area contributed by atoms with Crippen molar-refractivity contribution in [3.63, 3.8) is 0 Å². The van der Waals surface area contributed by atoms with Crippen LogP contribution in [0.3, 0.4) is 0 Å². The Labute approximate surface area is 97.2 Å². The van der Waals surface area contributed by atoms with Crippen LogP contribution in [-0.2, 0) is 0 Å². The van der Waals surface area contributed by atoms with Crippen LogP contribution in [0.4, 0.5) is 8.78 Å². The third-order valence-corrected chi connectivity index (χ3v) is 3.24. The monoisotopic (exact) mass is 247 g/mol. The van der Waals surface area contributed by atoms with E-state index in [0.29, 0.717) is 6.54 Å². The summed E-state index contributed by atoms with van der Waals surface area (Å²) in [5.41, 5.74) is -0.0185. The summed E-state index contributed by atoms with van der Waals surface area (Å²) in [7, 11) is 0. The Kier molecular flexibility index (Phi) is 3.30. The molecule has 1 aromatic carbocycles. The molecular weight excluding hydrogens is 236 g/mol. The molecule has 0 radical (unpaired) electrons. The van der Waals surface area contributed by atoms with E-state index in [1.807, 2.05) is 0 Å². The number of halogens is 3. The van der Waals surface area contributed by atoms with Crippen molar-refractivity contribution in [1.82, 2.24) is 5.32 Å². The lowest BCUT2D eigenvalue weighted by atomic mass is 9.91. The Balaban J connectivity index is 2.42. The number of benzene rings is 1. The van der Waals surface area contributed by atoms with Gasteiger partial charge in [-0.05, 0) is 19.4 Å². The number of phenolic OH excluding ortho intramolecular Hbond substituents is 1. The fourth-order valence-electron chi connectivity index (χ4n) is 2.07. The van der Waals surface area contributed by atoms with E-state index in [9.17, 15) is 13.9 Å². The van der Waals surface area contributed by atoms with Crippen molar-refractivity contribution in [2.45, 2.75) is 18.8 Å². The lowest BCUT2D eigenvalue weighted by Gasteiger charge is -2.24. The molecule has 2 N–H and O–H groups in total. The zero-order chi connectivity index (χ0) is 11.7. The number of nitrogens with one attached hydrogen (secondary N) is 1. The van der Waals surface area contributed by atoms with Gasteiger partial charge in [0.1, 0.15) is 16.6 Å². The maximum Gasteiger partial charge on any atom is 0.152 e. The van der Waals surface area contributed by atoms with Gasteiger partial charge in [0.2, 0.25) is 0 Å². The number of rotatable bonds is 1. The number of aromatic hydroxyl groups is 1. The first-order valence-corrected chi connectivity index (χ1v) is 5.56. The average Bonchev–Trinajstić information content (AvgIpc) is 2.28. The highest BCUT2D eigenvalue weighted by Gasteiger charge is 2.25. The van der Waals surface area contributed by atoms with Gasteiger partial charge in [-0.3, -0.25) is 0 Å². The molecule has 5 heteroatoms. The molecule has 1 aliphatic heterocycles. The van der Waals surface area contributed by atoms with Gasteiger partial charge in [0.05, 0.1) is 0 Å². The van der Waals surface area contributed by atoms with Crippen LogP contribution in [-0.4, -0.2) is 18.2 Å². The maximum atomic E-state index is 13.7. The quantitative estimate of drug-likeness (QED) is 0.748. The molecule has 1 atom stereocenters. The molecule has 0 bridgehead atoms. The van der Waals surface area contributed by atoms with Crippen LogP contribution in [0.15, 0.2) is 6.07 Å². The lowest BCUT2D eigenvalue weighted by Crippen LogP contribution is -2.29. The average molecular weight is 248 g/mol. The van der Waals surface area contributed by atoms with Crippen LogP contribution in [0.5, 0.6) is 5.75 Å². The molecule has 1 aliphatic rings. The maximum absolute atomic E-state index is 13.7. The summed E-state index contributed by atoms with van der Waals surface area (Å²) in [6, 6.07) is 0.870. The minimum absolute atomic E-state index is 0.0185. The van der Waals surface area contributed by atoms with Gasteiger partial charge < -0.3 is 10.4 Å². The zero-order valence-corrected chi connectivity index (χ0v) is 9.32. The normalized spacial score (nSPS) is 21.1. The van der Waals surface area contributed by atoms with E-state index in [0.717, 1.165) is 25.5 Å². The molecule has 0 aliphatic carbocycles. The van der Waals surface area contributed by atoms with E-state index in [2.05, 4.69) is 5.32 Å². The highest BCUT2D eigenvalue weighted by molar-refractivity contribution is 6.32. The Bertz CT molecular complexity index is 405. The van der Waals surface area contributed by atoms with Gasteiger partial charge in [-0.15, -0.1) is 0 Å². The molecule has 2 rings (SSSR count). The molecule has 0 amide bonds. The summed E-state index contributed by atoms with van der Waals surface area (Å²) >= 11 is 5.56. The molecule has 1 unspecified atom stereocenters. The van der Waals surface area contributed by atoms with Crippen molar-refractivity contribution in [2.75, 3.05) is 13.1 Å². The van der Waals surface area contributed by atoms with Crippen LogP contribution in [0, 0.1) is 11.6 Å². The molecule has 1 saturated heterocycles. The van der Waals surface area contributed by atoms with Crippen molar-refractivity contribution < 1.29 is 13.9 Å². The largest absolute Gasteiger partial charge is 0.506 e. The van der Waals surface area contributed by atoms with Crippen molar-refractivity contribution in [3.8, 4) is 5.75 Å². The van der Waals surface area contributed by atoms with Crippen LogP contribution < -0.4 is 5.32 Å². The lowest BCUT2D eigenvalue weighted by molar-refractivity contribution is 0.417. The fourth-order valence-corrected chi connectivity index (χ4v) is 2.23. The van der Waals surface area contributed by atoms with E-state index in [-0.39, 0.29) is 11.5 Å². The summed E-state index contributed by atoms with van der Waals surface area (Å²) in [6.07, 6.45) is 1.60. The van der Waals surface area contributed by atoms with E-state index in [1.165, 1.54) is 0 Å². The first-order chi connectivity index (χ1) is 7.61.